The zero-order valence-corrected chi connectivity index (χ0v) is 20.5. The average Bonchev–Trinajstić information content (AvgIpc) is 3.15. The molecule has 0 radical (unpaired) electrons. The minimum Gasteiger partial charge on any atom is -0.497 e. The molecule has 174 valence electrons. The SMILES string of the molecule is C=CCn1c(=NC(=O)C2CCCN(S(=O)(=O)c3ccc(OC)cc3)C2)sc2cc(Cl)ccc21. The lowest BCUT2D eigenvalue weighted by atomic mass is 9.99. The van der Waals surface area contributed by atoms with E-state index in [1.165, 1.54) is 34.9 Å². The first kappa shape index (κ1) is 23.7. The number of carbonyl (C=O) groups excluding carboxylic acids is 1. The van der Waals surface area contributed by atoms with Gasteiger partial charge in [-0.3, -0.25) is 4.79 Å². The van der Waals surface area contributed by atoms with Crippen molar-refractivity contribution in [3.05, 3.63) is 64.9 Å². The highest BCUT2D eigenvalue weighted by molar-refractivity contribution is 7.89. The van der Waals surface area contributed by atoms with Crippen molar-refractivity contribution in [2.75, 3.05) is 20.2 Å². The number of nitrogens with zero attached hydrogens (tertiary/aromatic N) is 3. The van der Waals surface area contributed by atoms with Gasteiger partial charge in [-0.2, -0.15) is 9.30 Å². The Balaban J connectivity index is 1.61. The van der Waals surface area contributed by atoms with E-state index >= 15 is 0 Å². The quantitative estimate of drug-likeness (QED) is 0.473. The Morgan fingerprint density at radius 3 is 2.76 bits per heavy atom. The number of allylic oxidation sites excluding steroid dienone is 1. The van der Waals surface area contributed by atoms with E-state index in [0.29, 0.717) is 41.5 Å². The van der Waals surface area contributed by atoms with Crippen molar-refractivity contribution in [1.82, 2.24) is 8.87 Å². The van der Waals surface area contributed by atoms with Crippen LogP contribution in [0.4, 0.5) is 0 Å². The van der Waals surface area contributed by atoms with Crippen LogP contribution in [0.15, 0.2) is 65.0 Å². The topological polar surface area (TPSA) is 81.0 Å². The summed E-state index contributed by atoms with van der Waals surface area (Å²) in [7, 11) is -2.19. The molecule has 1 fully saturated rings. The zero-order valence-electron chi connectivity index (χ0n) is 18.1. The van der Waals surface area contributed by atoms with Gasteiger partial charge >= 0.3 is 0 Å². The van der Waals surface area contributed by atoms with Crippen molar-refractivity contribution in [2.24, 2.45) is 10.9 Å². The summed E-state index contributed by atoms with van der Waals surface area (Å²) in [6.45, 7) is 4.77. The molecule has 2 aromatic carbocycles. The van der Waals surface area contributed by atoms with Crippen LogP contribution in [0.2, 0.25) is 5.02 Å². The molecule has 0 spiro atoms. The minimum absolute atomic E-state index is 0.106. The molecule has 1 atom stereocenters. The highest BCUT2D eigenvalue weighted by Crippen LogP contribution is 2.26. The molecule has 1 aromatic heterocycles. The van der Waals surface area contributed by atoms with Crippen LogP contribution in [0.1, 0.15) is 12.8 Å². The van der Waals surface area contributed by atoms with Crippen molar-refractivity contribution < 1.29 is 17.9 Å². The Hall–Kier alpha value is -2.46. The predicted octanol–water partition coefficient (Wildman–Crippen LogP) is 4.08. The van der Waals surface area contributed by atoms with E-state index in [-0.39, 0.29) is 17.3 Å². The van der Waals surface area contributed by atoms with Gasteiger partial charge in [0.1, 0.15) is 5.75 Å². The average molecular weight is 506 g/mol. The summed E-state index contributed by atoms with van der Waals surface area (Å²) < 4.78 is 35.6. The number of piperidine rings is 1. The first-order valence-corrected chi connectivity index (χ1v) is 13.1. The molecule has 2 heterocycles. The second-order valence-corrected chi connectivity index (χ2v) is 11.1. The molecule has 1 unspecified atom stereocenters. The van der Waals surface area contributed by atoms with E-state index in [1.807, 2.05) is 16.7 Å². The molecule has 3 aromatic rings. The molecule has 0 saturated carbocycles. The van der Waals surface area contributed by atoms with Crippen LogP contribution in [0.5, 0.6) is 5.75 Å². The van der Waals surface area contributed by atoms with Crippen LogP contribution in [-0.2, 0) is 21.4 Å². The number of methoxy groups -OCH3 is 1. The summed E-state index contributed by atoms with van der Waals surface area (Å²) in [6.07, 6.45) is 2.93. The molecule has 0 N–H and O–H groups in total. The van der Waals surface area contributed by atoms with Crippen LogP contribution < -0.4 is 9.54 Å². The van der Waals surface area contributed by atoms with Gasteiger partial charge in [0.25, 0.3) is 5.91 Å². The molecule has 1 amide bonds. The van der Waals surface area contributed by atoms with Gasteiger partial charge in [0.15, 0.2) is 4.80 Å². The van der Waals surface area contributed by atoms with Gasteiger partial charge in [0.05, 0.1) is 28.1 Å². The van der Waals surface area contributed by atoms with Crippen LogP contribution in [0.3, 0.4) is 0 Å². The number of benzene rings is 2. The maximum Gasteiger partial charge on any atom is 0.252 e. The second-order valence-electron chi connectivity index (χ2n) is 7.72. The van der Waals surface area contributed by atoms with E-state index < -0.39 is 15.9 Å². The van der Waals surface area contributed by atoms with Crippen LogP contribution in [-0.4, -0.2) is 43.4 Å². The fraction of sp³-hybridized carbons (Fsp3) is 0.304. The summed E-state index contributed by atoms with van der Waals surface area (Å²) in [6, 6.07) is 11.8. The number of sulfonamides is 1. The van der Waals surface area contributed by atoms with Crippen molar-refractivity contribution in [3.8, 4) is 5.75 Å². The third-order valence-electron chi connectivity index (χ3n) is 5.59. The zero-order chi connectivity index (χ0) is 23.6. The monoisotopic (exact) mass is 505 g/mol. The number of hydrogen-bond donors (Lipinski definition) is 0. The highest BCUT2D eigenvalue weighted by Gasteiger charge is 2.33. The van der Waals surface area contributed by atoms with Gasteiger partial charge in [-0.15, -0.1) is 6.58 Å². The molecular weight excluding hydrogens is 482 g/mol. The Labute approximate surface area is 201 Å². The summed E-state index contributed by atoms with van der Waals surface area (Å²) >= 11 is 7.50. The lowest BCUT2D eigenvalue weighted by Gasteiger charge is -2.30. The van der Waals surface area contributed by atoms with Crippen LogP contribution in [0, 0.1) is 5.92 Å². The number of fused-ring (bicyclic) bond motifs is 1. The molecule has 10 heteroatoms. The number of thiazole rings is 1. The normalized spacial score (nSPS) is 17.9. The molecule has 1 aliphatic heterocycles. The molecule has 33 heavy (non-hydrogen) atoms. The Morgan fingerprint density at radius 1 is 1.30 bits per heavy atom. The molecule has 0 aliphatic carbocycles. The van der Waals surface area contributed by atoms with E-state index in [1.54, 1.807) is 24.3 Å². The third-order valence-corrected chi connectivity index (χ3v) is 8.75. The Bertz CT molecular complexity index is 1360. The maximum absolute atomic E-state index is 13.1. The molecule has 4 rings (SSSR count). The molecule has 0 bridgehead atoms. The first-order chi connectivity index (χ1) is 15.8. The van der Waals surface area contributed by atoms with Crippen molar-refractivity contribution >= 4 is 49.1 Å². The van der Waals surface area contributed by atoms with Crippen molar-refractivity contribution in [1.29, 1.82) is 0 Å². The van der Waals surface area contributed by atoms with Crippen LogP contribution in [0.25, 0.3) is 10.2 Å². The van der Waals surface area contributed by atoms with E-state index in [4.69, 9.17) is 16.3 Å². The summed E-state index contributed by atoms with van der Waals surface area (Å²) in [5, 5.41) is 0.610. The number of ether oxygens (including phenoxy) is 1. The Morgan fingerprint density at radius 2 is 2.06 bits per heavy atom. The van der Waals surface area contributed by atoms with E-state index in [0.717, 1.165) is 10.2 Å². The van der Waals surface area contributed by atoms with Gasteiger partial charge in [-0.05, 0) is 55.3 Å². The number of carbonyl (C=O) groups is 1. The number of hydrogen-bond acceptors (Lipinski definition) is 5. The second kappa shape index (κ2) is 9.80. The summed E-state index contributed by atoms with van der Waals surface area (Å²) in [5.41, 5.74) is 0.920. The predicted molar refractivity (Wildman–Crippen MR) is 130 cm³/mol. The lowest BCUT2D eigenvalue weighted by molar-refractivity contribution is -0.122. The highest BCUT2D eigenvalue weighted by atomic mass is 35.5. The largest absolute Gasteiger partial charge is 0.497 e. The molecule has 7 nitrogen and oxygen atoms in total. The Kier molecular flexibility index (Phi) is 7.04. The number of halogens is 1. The lowest BCUT2D eigenvalue weighted by Crippen LogP contribution is -2.42. The van der Waals surface area contributed by atoms with Gasteiger partial charge in [0, 0.05) is 24.7 Å². The fourth-order valence-electron chi connectivity index (χ4n) is 3.88. The molecular formula is C23H24ClN3O4S2. The van der Waals surface area contributed by atoms with Gasteiger partial charge in [0.2, 0.25) is 10.0 Å². The van der Waals surface area contributed by atoms with Gasteiger partial charge < -0.3 is 9.30 Å². The first-order valence-electron chi connectivity index (χ1n) is 10.5. The fourth-order valence-corrected chi connectivity index (χ4v) is 6.73. The number of aromatic nitrogens is 1. The van der Waals surface area contributed by atoms with Gasteiger partial charge in [-0.25, -0.2) is 8.42 Å². The smallest absolute Gasteiger partial charge is 0.252 e. The maximum atomic E-state index is 13.1. The standard InChI is InChI=1S/C23H24ClN3O4S2/c1-3-12-27-20-11-6-17(24)14-21(20)32-23(27)25-22(28)16-5-4-13-26(15-16)33(29,30)19-9-7-18(31-2)8-10-19/h3,6-11,14,16H,1,4-5,12-13,15H2,2H3. The van der Waals surface area contributed by atoms with Gasteiger partial charge in [-0.1, -0.05) is 29.0 Å². The summed E-state index contributed by atoms with van der Waals surface area (Å²) in [5.74, 6) is -0.241. The number of amides is 1. The summed E-state index contributed by atoms with van der Waals surface area (Å²) in [4.78, 5) is 18.2. The van der Waals surface area contributed by atoms with E-state index in [2.05, 4.69) is 11.6 Å². The van der Waals surface area contributed by atoms with Crippen molar-refractivity contribution in [2.45, 2.75) is 24.3 Å². The number of rotatable bonds is 6. The molecule has 1 saturated heterocycles. The van der Waals surface area contributed by atoms with Crippen molar-refractivity contribution in [3.63, 3.8) is 0 Å². The molecule has 1 aliphatic rings. The minimum atomic E-state index is -3.72. The third kappa shape index (κ3) is 4.91. The van der Waals surface area contributed by atoms with E-state index in [9.17, 15) is 13.2 Å². The van der Waals surface area contributed by atoms with Crippen LogP contribution >= 0.6 is 22.9 Å².